The van der Waals surface area contributed by atoms with Gasteiger partial charge in [-0.3, -0.25) is 4.99 Å². The molecular formula is C15H22N2O. The van der Waals surface area contributed by atoms with Gasteiger partial charge in [-0.2, -0.15) is 0 Å². The van der Waals surface area contributed by atoms with Gasteiger partial charge < -0.3 is 9.69 Å². The fourth-order valence-electron chi connectivity index (χ4n) is 2.20. The van der Waals surface area contributed by atoms with Crippen molar-refractivity contribution in [1.29, 1.82) is 0 Å². The number of rotatable bonds is 7. The summed E-state index contributed by atoms with van der Waals surface area (Å²) in [5.74, 6) is 0. The Bertz CT molecular complexity index is 427. The van der Waals surface area contributed by atoms with Crippen LogP contribution >= 0.6 is 0 Å². The third-order valence-corrected chi connectivity index (χ3v) is 3.06. The second kappa shape index (κ2) is 6.94. The van der Waals surface area contributed by atoms with Crippen LogP contribution in [-0.2, 0) is 4.79 Å². The number of benzene rings is 1. The van der Waals surface area contributed by atoms with Crippen LogP contribution in [0, 0.1) is 13.8 Å². The molecule has 3 nitrogen and oxygen atoms in total. The minimum atomic E-state index is 0.609. The van der Waals surface area contributed by atoms with Gasteiger partial charge in [0.1, 0.15) is 6.29 Å². The van der Waals surface area contributed by atoms with Gasteiger partial charge in [-0.15, -0.1) is 0 Å². The van der Waals surface area contributed by atoms with Crippen molar-refractivity contribution < 1.29 is 4.79 Å². The van der Waals surface area contributed by atoms with Gasteiger partial charge in [0.2, 0.25) is 0 Å². The van der Waals surface area contributed by atoms with Crippen molar-refractivity contribution in [3.05, 3.63) is 23.3 Å². The minimum absolute atomic E-state index is 0.609. The Balaban J connectivity index is 3.03. The lowest BCUT2D eigenvalue weighted by atomic mass is 10.1. The van der Waals surface area contributed by atoms with Gasteiger partial charge in [-0.1, -0.05) is 6.07 Å². The van der Waals surface area contributed by atoms with Crippen LogP contribution in [0.25, 0.3) is 0 Å². The van der Waals surface area contributed by atoms with Crippen molar-refractivity contribution in [2.75, 3.05) is 18.0 Å². The van der Waals surface area contributed by atoms with E-state index in [4.69, 9.17) is 0 Å². The highest BCUT2D eigenvalue weighted by molar-refractivity contribution is 5.73. The fourth-order valence-corrected chi connectivity index (χ4v) is 2.20. The standard InChI is InChI=1S/C15H22N2O/c1-5-17(8-6-7-9-18)14-11-12(2)10-13(3)15(14)16-4/h9-11H,4-8H2,1-3H3. The molecule has 0 spiro atoms. The van der Waals surface area contributed by atoms with E-state index in [-0.39, 0.29) is 0 Å². The van der Waals surface area contributed by atoms with Crippen molar-refractivity contribution in [1.82, 2.24) is 0 Å². The SMILES string of the molecule is C=Nc1c(C)cc(C)cc1N(CC)CCCC=O. The molecule has 0 fully saturated rings. The lowest BCUT2D eigenvalue weighted by molar-refractivity contribution is -0.107. The number of unbranched alkanes of at least 4 members (excludes halogenated alkanes) is 1. The largest absolute Gasteiger partial charge is 0.370 e. The van der Waals surface area contributed by atoms with Gasteiger partial charge in [0.15, 0.2) is 0 Å². The van der Waals surface area contributed by atoms with Crippen LogP contribution in [0.2, 0.25) is 0 Å². The number of carbonyl (C=O) groups excluding carboxylic acids is 1. The van der Waals surface area contributed by atoms with E-state index >= 15 is 0 Å². The Morgan fingerprint density at radius 1 is 1.39 bits per heavy atom. The summed E-state index contributed by atoms with van der Waals surface area (Å²) in [5, 5.41) is 0. The fraction of sp³-hybridized carbons (Fsp3) is 0.467. The minimum Gasteiger partial charge on any atom is -0.370 e. The number of anilines is 1. The first-order valence-electron chi connectivity index (χ1n) is 6.40. The topological polar surface area (TPSA) is 32.7 Å². The van der Waals surface area contributed by atoms with Crippen LogP contribution in [0.1, 0.15) is 30.9 Å². The molecule has 0 atom stereocenters. The van der Waals surface area contributed by atoms with Crippen LogP contribution < -0.4 is 4.90 Å². The zero-order valence-electron chi connectivity index (χ0n) is 11.6. The third-order valence-electron chi connectivity index (χ3n) is 3.06. The predicted octanol–water partition coefficient (Wildman–Crippen LogP) is 3.44. The van der Waals surface area contributed by atoms with Crippen LogP contribution in [0.4, 0.5) is 11.4 Å². The molecule has 0 aromatic heterocycles. The number of aryl methyl sites for hydroxylation is 2. The first-order chi connectivity index (χ1) is 8.63. The molecule has 0 heterocycles. The van der Waals surface area contributed by atoms with Crippen molar-refractivity contribution in [2.24, 2.45) is 4.99 Å². The van der Waals surface area contributed by atoms with E-state index in [1.807, 2.05) is 0 Å². The molecule has 0 saturated carbocycles. The maximum absolute atomic E-state index is 10.4. The summed E-state index contributed by atoms with van der Waals surface area (Å²) in [6.07, 6.45) is 2.46. The van der Waals surface area contributed by atoms with Crippen LogP contribution in [0.5, 0.6) is 0 Å². The molecule has 0 aliphatic rings. The Hall–Kier alpha value is -1.64. The van der Waals surface area contributed by atoms with Gasteiger partial charge in [0.05, 0.1) is 11.4 Å². The molecule has 0 saturated heterocycles. The van der Waals surface area contributed by atoms with Crippen molar-refractivity contribution >= 4 is 24.4 Å². The van der Waals surface area contributed by atoms with Gasteiger partial charge >= 0.3 is 0 Å². The molecule has 0 aliphatic carbocycles. The van der Waals surface area contributed by atoms with Gasteiger partial charge in [-0.25, -0.2) is 0 Å². The Kier molecular flexibility index (Phi) is 5.56. The Labute approximate surface area is 110 Å². The summed E-state index contributed by atoms with van der Waals surface area (Å²) in [7, 11) is 0. The molecule has 3 heteroatoms. The second-order valence-corrected chi connectivity index (χ2v) is 4.50. The van der Waals surface area contributed by atoms with Crippen molar-refractivity contribution in [2.45, 2.75) is 33.6 Å². The van der Waals surface area contributed by atoms with E-state index < -0.39 is 0 Å². The van der Waals surface area contributed by atoms with E-state index in [1.165, 1.54) is 5.56 Å². The Morgan fingerprint density at radius 2 is 2.11 bits per heavy atom. The number of hydrogen-bond donors (Lipinski definition) is 0. The summed E-state index contributed by atoms with van der Waals surface area (Å²) in [6.45, 7) is 11.7. The number of hydrogen-bond acceptors (Lipinski definition) is 3. The molecule has 0 N–H and O–H groups in total. The first-order valence-corrected chi connectivity index (χ1v) is 6.40. The molecule has 1 aromatic carbocycles. The van der Waals surface area contributed by atoms with Crippen LogP contribution in [-0.4, -0.2) is 26.1 Å². The zero-order valence-corrected chi connectivity index (χ0v) is 11.6. The average Bonchev–Trinajstić information content (AvgIpc) is 2.34. The van der Waals surface area contributed by atoms with Gasteiger partial charge in [0, 0.05) is 19.5 Å². The summed E-state index contributed by atoms with van der Waals surface area (Å²) in [6, 6.07) is 4.26. The smallest absolute Gasteiger partial charge is 0.120 e. The first kappa shape index (κ1) is 14.4. The van der Waals surface area contributed by atoms with Gasteiger partial charge in [0.25, 0.3) is 0 Å². The maximum Gasteiger partial charge on any atom is 0.120 e. The number of nitrogens with zero attached hydrogens (tertiary/aromatic N) is 2. The quantitative estimate of drug-likeness (QED) is 0.419. The number of carbonyl (C=O) groups is 1. The molecular weight excluding hydrogens is 224 g/mol. The molecule has 0 radical (unpaired) electrons. The number of aliphatic imine (C=N–C) groups is 1. The molecule has 0 amide bonds. The summed E-state index contributed by atoms with van der Waals surface area (Å²) in [4.78, 5) is 16.8. The second-order valence-electron chi connectivity index (χ2n) is 4.50. The summed E-state index contributed by atoms with van der Waals surface area (Å²) < 4.78 is 0. The molecule has 1 aromatic rings. The normalized spacial score (nSPS) is 10.2. The predicted molar refractivity (Wildman–Crippen MR) is 78.3 cm³/mol. The van der Waals surface area contributed by atoms with Crippen molar-refractivity contribution in [3.63, 3.8) is 0 Å². The maximum atomic E-state index is 10.4. The van der Waals surface area contributed by atoms with E-state index in [0.717, 1.165) is 42.7 Å². The van der Waals surface area contributed by atoms with E-state index in [9.17, 15) is 4.79 Å². The molecule has 0 unspecified atom stereocenters. The van der Waals surface area contributed by atoms with E-state index in [0.29, 0.717) is 6.42 Å². The Morgan fingerprint density at radius 3 is 2.67 bits per heavy atom. The van der Waals surface area contributed by atoms with E-state index in [2.05, 4.69) is 49.5 Å². The third kappa shape index (κ3) is 3.42. The lowest BCUT2D eigenvalue weighted by Crippen LogP contribution is -2.24. The number of aldehydes is 1. The molecule has 0 aliphatic heterocycles. The van der Waals surface area contributed by atoms with Crippen molar-refractivity contribution in [3.8, 4) is 0 Å². The molecule has 98 valence electrons. The average molecular weight is 246 g/mol. The van der Waals surface area contributed by atoms with E-state index in [1.54, 1.807) is 0 Å². The highest BCUT2D eigenvalue weighted by atomic mass is 16.1. The highest BCUT2D eigenvalue weighted by Crippen LogP contribution is 2.33. The van der Waals surface area contributed by atoms with Crippen LogP contribution in [0.3, 0.4) is 0 Å². The zero-order chi connectivity index (χ0) is 13.5. The molecule has 18 heavy (non-hydrogen) atoms. The highest BCUT2D eigenvalue weighted by Gasteiger charge is 2.11. The lowest BCUT2D eigenvalue weighted by Gasteiger charge is -2.25. The van der Waals surface area contributed by atoms with Crippen LogP contribution in [0.15, 0.2) is 17.1 Å². The summed E-state index contributed by atoms with van der Waals surface area (Å²) in [5.41, 5.74) is 4.45. The monoisotopic (exact) mass is 246 g/mol. The molecule has 1 rings (SSSR count). The van der Waals surface area contributed by atoms with Gasteiger partial charge in [-0.05, 0) is 51.1 Å². The molecule has 0 bridgehead atoms. The summed E-state index contributed by atoms with van der Waals surface area (Å²) >= 11 is 0.